The first kappa shape index (κ1) is 19.1. The van der Waals surface area contributed by atoms with Crippen molar-refractivity contribution < 1.29 is 19.1 Å². The van der Waals surface area contributed by atoms with Gasteiger partial charge >= 0.3 is 0 Å². The molecule has 2 rings (SSSR count). The van der Waals surface area contributed by atoms with E-state index in [4.69, 9.17) is 4.74 Å². The van der Waals surface area contributed by atoms with Crippen LogP contribution in [0.15, 0.2) is 18.2 Å². The van der Waals surface area contributed by atoms with Gasteiger partial charge in [0.25, 0.3) is 17.7 Å². The summed E-state index contributed by atoms with van der Waals surface area (Å²) in [6.45, 7) is 8.62. The molecule has 1 aliphatic heterocycles. The summed E-state index contributed by atoms with van der Waals surface area (Å²) >= 11 is 0. The lowest BCUT2D eigenvalue weighted by atomic mass is 10.0. The van der Waals surface area contributed by atoms with E-state index in [2.05, 4.69) is 0 Å². The molecule has 6 heteroatoms. The molecule has 0 saturated heterocycles. The van der Waals surface area contributed by atoms with Crippen LogP contribution in [-0.2, 0) is 4.74 Å². The first-order valence-corrected chi connectivity index (χ1v) is 8.61. The number of benzene rings is 1. The van der Waals surface area contributed by atoms with Crippen LogP contribution in [0.3, 0.4) is 0 Å². The predicted molar refractivity (Wildman–Crippen MR) is 94.7 cm³/mol. The Bertz CT molecular complexity index is 674. The van der Waals surface area contributed by atoms with E-state index in [9.17, 15) is 14.4 Å². The summed E-state index contributed by atoms with van der Waals surface area (Å²) in [4.78, 5) is 40.7. The van der Waals surface area contributed by atoms with Crippen LogP contribution >= 0.6 is 0 Å². The number of rotatable bonds is 7. The molecule has 136 valence electrons. The van der Waals surface area contributed by atoms with Gasteiger partial charge in [0.15, 0.2) is 0 Å². The fourth-order valence-electron chi connectivity index (χ4n) is 3.21. The van der Waals surface area contributed by atoms with Gasteiger partial charge in [0.1, 0.15) is 0 Å². The predicted octanol–water partition coefficient (Wildman–Crippen LogP) is 2.58. The normalized spacial score (nSPS) is 13.8. The molecule has 0 N–H and O–H groups in total. The average molecular weight is 346 g/mol. The Balaban J connectivity index is 2.28. The minimum atomic E-state index is -0.341. The molecule has 0 aromatic heterocycles. The van der Waals surface area contributed by atoms with Crippen molar-refractivity contribution in [1.29, 1.82) is 0 Å². The van der Waals surface area contributed by atoms with Crippen molar-refractivity contribution >= 4 is 17.7 Å². The van der Waals surface area contributed by atoms with Crippen molar-refractivity contribution in [3.05, 3.63) is 34.9 Å². The molecule has 0 spiro atoms. The number of hydrogen-bond acceptors (Lipinski definition) is 4. The van der Waals surface area contributed by atoms with Crippen molar-refractivity contribution in [1.82, 2.24) is 9.80 Å². The molecule has 1 aromatic carbocycles. The Morgan fingerprint density at radius 2 is 1.68 bits per heavy atom. The summed E-state index contributed by atoms with van der Waals surface area (Å²) in [5.74, 6) is -0.781. The number of methoxy groups -OCH3 is 1. The van der Waals surface area contributed by atoms with E-state index in [1.807, 2.05) is 27.7 Å². The van der Waals surface area contributed by atoms with Gasteiger partial charge in [0.05, 0.1) is 11.1 Å². The number of ether oxygens (including phenoxy) is 1. The van der Waals surface area contributed by atoms with E-state index in [1.165, 1.54) is 4.90 Å². The molecule has 1 aromatic rings. The van der Waals surface area contributed by atoms with Crippen molar-refractivity contribution in [2.24, 2.45) is 0 Å². The van der Waals surface area contributed by atoms with Crippen molar-refractivity contribution in [3.8, 4) is 0 Å². The highest BCUT2D eigenvalue weighted by Gasteiger charge is 2.36. The first-order valence-electron chi connectivity index (χ1n) is 8.61. The smallest absolute Gasteiger partial charge is 0.261 e. The van der Waals surface area contributed by atoms with E-state index in [0.29, 0.717) is 36.3 Å². The molecule has 0 aliphatic carbocycles. The van der Waals surface area contributed by atoms with E-state index < -0.39 is 0 Å². The van der Waals surface area contributed by atoms with E-state index >= 15 is 0 Å². The van der Waals surface area contributed by atoms with Gasteiger partial charge < -0.3 is 9.64 Å². The zero-order chi connectivity index (χ0) is 18.7. The standard InChI is InChI=1S/C19H26N2O4/c1-12(2)21(13(3)4)17(22)14-7-8-15-16(11-14)19(24)20(18(15)23)9-6-10-25-5/h7-8,11-13H,6,9-10H2,1-5H3. The molecule has 0 saturated carbocycles. The highest BCUT2D eigenvalue weighted by Crippen LogP contribution is 2.25. The second-order valence-corrected chi connectivity index (χ2v) is 6.77. The fraction of sp³-hybridized carbons (Fsp3) is 0.526. The quantitative estimate of drug-likeness (QED) is 0.562. The van der Waals surface area contributed by atoms with Crippen LogP contribution < -0.4 is 0 Å². The Morgan fingerprint density at radius 3 is 2.24 bits per heavy atom. The molecular formula is C19H26N2O4. The maximum absolute atomic E-state index is 12.8. The third-order valence-corrected chi connectivity index (χ3v) is 4.30. The van der Waals surface area contributed by atoms with Gasteiger partial charge in [0.2, 0.25) is 0 Å². The zero-order valence-electron chi connectivity index (χ0n) is 15.5. The number of amides is 3. The Kier molecular flexibility index (Phi) is 5.95. The van der Waals surface area contributed by atoms with E-state index in [-0.39, 0.29) is 29.8 Å². The number of imide groups is 1. The highest BCUT2D eigenvalue weighted by atomic mass is 16.5. The summed E-state index contributed by atoms with van der Waals surface area (Å²) in [6.07, 6.45) is 0.586. The van der Waals surface area contributed by atoms with Crippen LogP contribution in [-0.4, -0.2) is 59.9 Å². The van der Waals surface area contributed by atoms with Crippen LogP contribution in [0.25, 0.3) is 0 Å². The van der Waals surface area contributed by atoms with Crippen molar-refractivity contribution in [2.75, 3.05) is 20.3 Å². The molecule has 6 nitrogen and oxygen atoms in total. The number of nitrogens with zero attached hydrogens (tertiary/aromatic N) is 2. The van der Waals surface area contributed by atoms with Crippen molar-refractivity contribution in [3.63, 3.8) is 0 Å². The molecule has 0 bridgehead atoms. The molecule has 1 heterocycles. The van der Waals surface area contributed by atoms with Crippen LogP contribution in [0.5, 0.6) is 0 Å². The van der Waals surface area contributed by atoms with Crippen LogP contribution in [0.4, 0.5) is 0 Å². The second kappa shape index (κ2) is 7.78. The Morgan fingerprint density at radius 1 is 1.08 bits per heavy atom. The monoisotopic (exact) mass is 346 g/mol. The topological polar surface area (TPSA) is 66.9 Å². The van der Waals surface area contributed by atoms with Gasteiger partial charge in [-0.15, -0.1) is 0 Å². The minimum Gasteiger partial charge on any atom is -0.385 e. The molecule has 3 amide bonds. The van der Waals surface area contributed by atoms with Gasteiger partial charge in [-0.05, 0) is 52.3 Å². The molecule has 0 atom stereocenters. The van der Waals surface area contributed by atoms with Gasteiger partial charge in [-0.2, -0.15) is 0 Å². The van der Waals surface area contributed by atoms with Crippen LogP contribution in [0.1, 0.15) is 65.2 Å². The first-order chi connectivity index (χ1) is 11.8. The molecule has 0 unspecified atom stereocenters. The molecule has 0 radical (unpaired) electrons. The second-order valence-electron chi connectivity index (χ2n) is 6.77. The number of hydrogen-bond donors (Lipinski definition) is 0. The highest BCUT2D eigenvalue weighted by molar-refractivity contribution is 6.22. The number of carbonyl (C=O) groups is 3. The average Bonchev–Trinajstić information content (AvgIpc) is 2.78. The summed E-state index contributed by atoms with van der Waals surface area (Å²) in [6, 6.07) is 4.85. The maximum Gasteiger partial charge on any atom is 0.261 e. The maximum atomic E-state index is 12.8. The van der Waals surface area contributed by atoms with Crippen molar-refractivity contribution in [2.45, 2.75) is 46.2 Å². The third kappa shape index (κ3) is 3.74. The minimum absolute atomic E-state index is 0.0450. The van der Waals surface area contributed by atoms with Crippen LogP contribution in [0, 0.1) is 0 Å². The molecule has 1 aliphatic rings. The van der Waals surface area contributed by atoms with Gasteiger partial charge in [-0.1, -0.05) is 0 Å². The lowest BCUT2D eigenvalue weighted by molar-refractivity contribution is 0.0632. The lowest BCUT2D eigenvalue weighted by Gasteiger charge is -2.31. The lowest BCUT2D eigenvalue weighted by Crippen LogP contribution is -2.42. The zero-order valence-corrected chi connectivity index (χ0v) is 15.5. The summed E-state index contributed by atoms with van der Waals surface area (Å²) in [5.41, 5.74) is 1.10. The third-order valence-electron chi connectivity index (χ3n) is 4.30. The fourth-order valence-corrected chi connectivity index (χ4v) is 3.21. The number of fused-ring (bicyclic) bond motifs is 1. The summed E-state index contributed by atoms with van der Waals surface area (Å²) in [5, 5.41) is 0. The molecule has 25 heavy (non-hydrogen) atoms. The Hall–Kier alpha value is -2.21. The number of carbonyl (C=O) groups excluding carboxylic acids is 3. The van der Waals surface area contributed by atoms with Crippen LogP contribution in [0.2, 0.25) is 0 Å². The largest absolute Gasteiger partial charge is 0.385 e. The van der Waals surface area contributed by atoms with Gasteiger partial charge in [-0.25, -0.2) is 0 Å². The summed E-state index contributed by atoms with van der Waals surface area (Å²) < 4.78 is 4.97. The van der Waals surface area contributed by atoms with E-state index in [1.54, 1.807) is 30.2 Å². The van der Waals surface area contributed by atoms with Gasteiger partial charge in [-0.3, -0.25) is 19.3 Å². The summed E-state index contributed by atoms with van der Waals surface area (Å²) in [7, 11) is 1.58. The van der Waals surface area contributed by atoms with E-state index in [0.717, 1.165) is 0 Å². The molecular weight excluding hydrogens is 320 g/mol. The van der Waals surface area contributed by atoms with Gasteiger partial charge in [0, 0.05) is 37.9 Å². The SMILES string of the molecule is COCCCN1C(=O)c2ccc(C(=O)N(C(C)C)C(C)C)cc2C1=O. The molecule has 0 fully saturated rings. The Labute approximate surface area is 148 Å².